The largest absolute Gasteiger partial charge is 0.490 e. The van der Waals surface area contributed by atoms with E-state index in [-0.39, 0.29) is 18.3 Å². The van der Waals surface area contributed by atoms with Crippen molar-refractivity contribution in [2.75, 3.05) is 13.1 Å². The summed E-state index contributed by atoms with van der Waals surface area (Å²) in [6.07, 6.45) is 10.3. The zero-order valence-corrected chi connectivity index (χ0v) is 13.2. The highest BCUT2D eigenvalue weighted by molar-refractivity contribution is 6.54. The molecule has 0 radical (unpaired) electrons. The fourth-order valence-electron chi connectivity index (χ4n) is 3.17. The van der Waals surface area contributed by atoms with Gasteiger partial charge in [-0.1, -0.05) is 18.2 Å². The molecular formula is C16H26BNO2. The molecule has 0 spiro atoms. The second kappa shape index (κ2) is 5.01. The molecule has 1 aliphatic carbocycles. The lowest BCUT2D eigenvalue weighted by Gasteiger charge is -2.32. The first-order valence-corrected chi connectivity index (χ1v) is 7.83. The van der Waals surface area contributed by atoms with E-state index in [0.29, 0.717) is 6.04 Å². The quantitative estimate of drug-likeness (QED) is 0.571. The standard InChI is InChI=1S/C16H26BNO2/c1-15(2)16(3,4)20-17(19-15)13-7-9-14(10-8-13)18-11-5-6-12-18/h5-7,14H,8-12H2,1-4H3. The Morgan fingerprint density at radius 3 is 2.20 bits per heavy atom. The normalized spacial score (nSPS) is 32.7. The molecule has 0 N–H and O–H groups in total. The van der Waals surface area contributed by atoms with Crippen LogP contribution in [0.25, 0.3) is 0 Å². The zero-order chi connectivity index (χ0) is 14.4. The predicted molar refractivity (Wildman–Crippen MR) is 82.5 cm³/mol. The fraction of sp³-hybridized carbons (Fsp3) is 0.750. The van der Waals surface area contributed by atoms with Crippen LogP contribution in [-0.4, -0.2) is 42.4 Å². The molecule has 0 aromatic carbocycles. The maximum absolute atomic E-state index is 6.15. The van der Waals surface area contributed by atoms with E-state index in [1.165, 1.54) is 11.9 Å². The van der Waals surface area contributed by atoms with Crippen molar-refractivity contribution in [3.05, 3.63) is 23.7 Å². The van der Waals surface area contributed by atoms with Crippen LogP contribution in [0, 0.1) is 0 Å². The third kappa shape index (κ3) is 2.49. The van der Waals surface area contributed by atoms with Crippen molar-refractivity contribution in [1.29, 1.82) is 0 Å². The number of rotatable bonds is 2. The number of allylic oxidation sites excluding steroid dienone is 1. The van der Waals surface area contributed by atoms with Gasteiger partial charge in [0.2, 0.25) is 0 Å². The van der Waals surface area contributed by atoms with Gasteiger partial charge in [-0.15, -0.1) is 0 Å². The van der Waals surface area contributed by atoms with E-state index < -0.39 is 0 Å². The molecule has 0 saturated carbocycles. The van der Waals surface area contributed by atoms with Crippen molar-refractivity contribution < 1.29 is 9.31 Å². The van der Waals surface area contributed by atoms with E-state index in [1.807, 2.05) is 0 Å². The van der Waals surface area contributed by atoms with Gasteiger partial charge in [0.1, 0.15) is 0 Å². The van der Waals surface area contributed by atoms with Crippen LogP contribution in [0.4, 0.5) is 0 Å². The van der Waals surface area contributed by atoms with Crippen molar-refractivity contribution >= 4 is 7.12 Å². The average molecular weight is 275 g/mol. The number of nitrogens with zero attached hydrogens (tertiary/aromatic N) is 1. The van der Waals surface area contributed by atoms with Crippen LogP contribution in [0.5, 0.6) is 0 Å². The lowest BCUT2D eigenvalue weighted by molar-refractivity contribution is 0.00578. The third-order valence-corrected chi connectivity index (χ3v) is 5.34. The maximum atomic E-state index is 6.15. The summed E-state index contributed by atoms with van der Waals surface area (Å²) in [5.41, 5.74) is 0.884. The molecule has 2 aliphatic heterocycles. The molecular weight excluding hydrogens is 249 g/mol. The van der Waals surface area contributed by atoms with Gasteiger partial charge in [0.25, 0.3) is 0 Å². The molecule has 3 rings (SSSR count). The van der Waals surface area contributed by atoms with Gasteiger partial charge in [-0.05, 0) is 52.4 Å². The van der Waals surface area contributed by atoms with Crippen LogP contribution < -0.4 is 0 Å². The molecule has 0 aromatic rings. The highest BCUT2D eigenvalue weighted by atomic mass is 16.7. The fourth-order valence-corrected chi connectivity index (χ4v) is 3.17. The summed E-state index contributed by atoms with van der Waals surface area (Å²) in [6.45, 7) is 10.7. The van der Waals surface area contributed by atoms with Gasteiger partial charge < -0.3 is 9.31 Å². The van der Waals surface area contributed by atoms with Gasteiger partial charge in [0.05, 0.1) is 11.2 Å². The van der Waals surface area contributed by atoms with E-state index >= 15 is 0 Å². The Kier molecular flexibility index (Phi) is 3.60. The highest BCUT2D eigenvalue weighted by Gasteiger charge is 2.52. The first kappa shape index (κ1) is 14.4. The van der Waals surface area contributed by atoms with Gasteiger partial charge in [-0.3, -0.25) is 4.90 Å². The van der Waals surface area contributed by atoms with Gasteiger partial charge in [0.15, 0.2) is 0 Å². The molecule has 3 nitrogen and oxygen atoms in total. The lowest BCUT2D eigenvalue weighted by atomic mass is 9.71. The lowest BCUT2D eigenvalue weighted by Crippen LogP contribution is -2.41. The molecule has 0 amide bonds. The first-order valence-electron chi connectivity index (χ1n) is 7.83. The van der Waals surface area contributed by atoms with Crippen molar-refractivity contribution in [1.82, 2.24) is 4.90 Å². The van der Waals surface area contributed by atoms with Gasteiger partial charge in [-0.2, -0.15) is 0 Å². The Morgan fingerprint density at radius 1 is 1.10 bits per heavy atom. The van der Waals surface area contributed by atoms with Gasteiger partial charge in [0, 0.05) is 19.1 Å². The van der Waals surface area contributed by atoms with E-state index in [2.05, 4.69) is 50.8 Å². The summed E-state index contributed by atoms with van der Waals surface area (Å²) in [5, 5.41) is 0. The second-order valence-corrected chi connectivity index (χ2v) is 7.22. The van der Waals surface area contributed by atoms with Crippen molar-refractivity contribution in [2.45, 2.75) is 64.2 Å². The molecule has 1 atom stereocenters. The van der Waals surface area contributed by atoms with Crippen molar-refractivity contribution in [2.24, 2.45) is 0 Å². The molecule has 20 heavy (non-hydrogen) atoms. The second-order valence-electron chi connectivity index (χ2n) is 7.22. The van der Waals surface area contributed by atoms with Gasteiger partial charge >= 0.3 is 7.12 Å². The Balaban J connectivity index is 1.63. The molecule has 4 heteroatoms. The van der Waals surface area contributed by atoms with Crippen molar-refractivity contribution in [3.63, 3.8) is 0 Å². The smallest absolute Gasteiger partial charge is 0.400 e. The van der Waals surface area contributed by atoms with Crippen LogP contribution in [0.2, 0.25) is 0 Å². The molecule has 1 unspecified atom stereocenters. The predicted octanol–water partition coefficient (Wildman–Crippen LogP) is 2.97. The Bertz CT molecular complexity index is 418. The molecule has 0 bridgehead atoms. The maximum Gasteiger partial charge on any atom is 0.490 e. The molecule has 1 saturated heterocycles. The topological polar surface area (TPSA) is 21.7 Å². The minimum absolute atomic E-state index is 0.141. The number of hydrogen-bond donors (Lipinski definition) is 0. The molecule has 0 aromatic heterocycles. The summed E-state index contributed by atoms with van der Waals surface area (Å²) in [5.74, 6) is 0. The summed E-state index contributed by atoms with van der Waals surface area (Å²) in [6, 6.07) is 0.691. The monoisotopic (exact) mass is 275 g/mol. The SMILES string of the molecule is CC1(C)OB(C2=CCC(N3CC=CC3)CC2)OC1(C)C. The van der Waals surface area contributed by atoms with Crippen LogP contribution in [0.15, 0.2) is 23.7 Å². The summed E-state index contributed by atoms with van der Waals surface area (Å²) in [7, 11) is -0.141. The zero-order valence-electron chi connectivity index (χ0n) is 13.2. The Hall–Kier alpha value is -0.575. The number of hydrogen-bond acceptors (Lipinski definition) is 3. The van der Waals surface area contributed by atoms with E-state index in [1.54, 1.807) is 0 Å². The summed E-state index contributed by atoms with van der Waals surface area (Å²) < 4.78 is 12.3. The molecule has 3 aliphatic rings. The average Bonchev–Trinajstić information content (AvgIpc) is 2.97. The molecule has 2 heterocycles. The van der Waals surface area contributed by atoms with Crippen LogP contribution in [0.3, 0.4) is 0 Å². The van der Waals surface area contributed by atoms with Gasteiger partial charge in [-0.25, -0.2) is 0 Å². The Labute approximate surface area is 123 Å². The van der Waals surface area contributed by atoms with E-state index in [9.17, 15) is 0 Å². The summed E-state index contributed by atoms with van der Waals surface area (Å²) in [4.78, 5) is 2.55. The van der Waals surface area contributed by atoms with Crippen LogP contribution >= 0.6 is 0 Å². The van der Waals surface area contributed by atoms with Crippen LogP contribution in [-0.2, 0) is 9.31 Å². The van der Waals surface area contributed by atoms with Crippen molar-refractivity contribution in [3.8, 4) is 0 Å². The van der Waals surface area contributed by atoms with E-state index in [4.69, 9.17) is 9.31 Å². The minimum Gasteiger partial charge on any atom is -0.400 e. The molecule has 110 valence electrons. The summed E-state index contributed by atoms with van der Waals surface area (Å²) >= 11 is 0. The minimum atomic E-state index is -0.228. The van der Waals surface area contributed by atoms with Crippen LogP contribution in [0.1, 0.15) is 47.0 Å². The van der Waals surface area contributed by atoms with E-state index in [0.717, 1.165) is 25.9 Å². The first-order chi connectivity index (χ1) is 9.39. The Morgan fingerprint density at radius 2 is 1.70 bits per heavy atom. The third-order valence-electron chi connectivity index (χ3n) is 5.34. The molecule has 1 fully saturated rings. The highest BCUT2D eigenvalue weighted by Crippen LogP contribution is 2.40.